The van der Waals surface area contributed by atoms with Gasteiger partial charge in [0.25, 0.3) is 5.91 Å². The Morgan fingerprint density at radius 1 is 1.24 bits per heavy atom. The average molecular weight is 337 g/mol. The lowest BCUT2D eigenvalue weighted by Crippen LogP contribution is -2.44. The lowest BCUT2D eigenvalue weighted by molar-refractivity contribution is 0.0908. The predicted octanol–water partition coefficient (Wildman–Crippen LogP) is 2.41. The molecule has 3 heterocycles. The average Bonchev–Trinajstić information content (AvgIpc) is 3.12. The first-order valence-electron chi connectivity index (χ1n) is 8.97. The third-order valence-electron chi connectivity index (χ3n) is 4.99. The van der Waals surface area contributed by atoms with Crippen molar-refractivity contribution in [3.05, 3.63) is 59.4 Å². The Balaban J connectivity index is 1.29. The molecule has 2 aliphatic rings. The summed E-state index contributed by atoms with van der Waals surface area (Å²) >= 11 is 0. The number of ether oxygens (including phenoxy) is 1. The van der Waals surface area contributed by atoms with Crippen LogP contribution in [-0.4, -0.2) is 41.5 Å². The Hall–Kier alpha value is -2.40. The highest BCUT2D eigenvalue weighted by Crippen LogP contribution is 2.26. The molecule has 2 aromatic rings. The van der Waals surface area contributed by atoms with Gasteiger partial charge in [-0.2, -0.15) is 0 Å². The van der Waals surface area contributed by atoms with Gasteiger partial charge >= 0.3 is 0 Å². The molecule has 130 valence electrons. The highest BCUT2D eigenvalue weighted by molar-refractivity contribution is 5.94. The number of aromatic nitrogens is 1. The lowest BCUT2D eigenvalue weighted by Gasteiger charge is -2.32. The number of amides is 1. The number of fused-ring (bicyclic) bond motifs is 1. The second-order valence-corrected chi connectivity index (χ2v) is 6.77. The van der Waals surface area contributed by atoms with Gasteiger partial charge in [0.1, 0.15) is 5.75 Å². The molecule has 1 fully saturated rings. The van der Waals surface area contributed by atoms with Gasteiger partial charge in [-0.1, -0.05) is 6.07 Å². The molecule has 0 bridgehead atoms. The van der Waals surface area contributed by atoms with Gasteiger partial charge in [-0.25, -0.2) is 0 Å². The summed E-state index contributed by atoms with van der Waals surface area (Å²) in [4.78, 5) is 19.3. The molecule has 1 amide bonds. The number of likely N-dealkylation sites (tertiary alicyclic amines) is 1. The summed E-state index contributed by atoms with van der Waals surface area (Å²) in [5.41, 5.74) is 2.98. The summed E-state index contributed by atoms with van der Waals surface area (Å²) < 4.78 is 5.50. The number of nitrogens with zero attached hydrogens (tertiary/aromatic N) is 2. The Labute approximate surface area is 148 Å². The second-order valence-electron chi connectivity index (χ2n) is 6.77. The number of carbonyl (C=O) groups excluding carboxylic acids is 1. The van der Waals surface area contributed by atoms with Crippen molar-refractivity contribution in [2.45, 2.75) is 31.8 Å². The normalized spacial score (nSPS) is 17.8. The van der Waals surface area contributed by atoms with E-state index in [1.165, 1.54) is 0 Å². The number of hydrogen-bond donors (Lipinski definition) is 1. The fourth-order valence-corrected chi connectivity index (χ4v) is 3.55. The molecule has 0 aliphatic carbocycles. The Morgan fingerprint density at radius 2 is 2.12 bits per heavy atom. The summed E-state index contributed by atoms with van der Waals surface area (Å²) in [6.45, 7) is 3.57. The van der Waals surface area contributed by atoms with Crippen molar-refractivity contribution in [1.82, 2.24) is 15.2 Å². The van der Waals surface area contributed by atoms with Crippen LogP contribution in [0, 0.1) is 0 Å². The van der Waals surface area contributed by atoms with E-state index in [9.17, 15) is 4.79 Å². The van der Waals surface area contributed by atoms with Crippen molar-refractivity contribution >= 4 is 5.91 Å². The van der Waals surface area contributed by atoms with Crippen LogP contribution in [0.2, 0.25) is 0 Å². The smallest absolute Gasteiger partial charge is 0.251 e. The number of pyridine rings is 1. The number of rotatable bonds is 4. The summed E-state index contributed by atoms with van der Waals surface area (Å²) in [5.74, 6) is 0.942. The highest BCUT2D eigenvalue weighted by Gasteiger charge is 2.22. The van der Waals surface area contributed by atoms with E-state index in [1.807, 2.05) is 36.5 Å². The molecule has 5 heteroatoms. The standard InChI is InChI=1S/C20H23N3O2/c24-20(16-4-5-19-15(13-16)8-12-25-19)22-17-6-10-23(11-7-17)14-18-3-1-2-9-21-18/h1-5,9,13,17H,6-8,10-12,14H2,(H,22,24). The van der Waals surface area contributed by atoms with E-state index in [0.717, 1.165) is 68.1 Å². The van der Waals surface area contributed by atoms with Gasteiger partial charge in [-0.05, 0) is 48.7 Å². The molecule has 1 aromatic carbocycles. The van der Waals surface area contributed by atoms with Gasteiger partial charge in [0, 0.05) is 43.9 Å². The summed E-state index contributed by atoms with van der Waals surface area (Å²) in [5, 5.41) is 3.19. The zero-order valence-electron chi connectivity index (χ0n) is 14.3. The molecule has 0 atom stereocenters. The molecule has 1 aromatic heterocycles. The minimum Gasteiger partial charge on any atom is -0.493 e. The topological polar surface area (TPSA) is 54.5 Å². The van der Waals surface area contributed by atoms with Crippen LogP contribution in [0.25, 0.3) is 0 Å². The molecular weight excluding hydrogens is 314 g/mol. The Bertz CT molecular complexity index is 740. The maximum absolute atomic E-state index is 12.5. The fourth-order valence-electron chi connectivity index (χ4n) is 3.55. The molecule has 25 heavy (non-hydrogen) atoms. The minimum atomic E-state index is 0.0258. The van der Waals surface area contributed by atoms with E-state index in [0.29, 0.717) is 0 Å². The molecule has 0 unspecified atom stereocenters. The third-order valence-corrected chi connectivity index (χ3v) is 4.99. The van der Waals surface area contributed by atoms with Crippen LogP contribution < -0.4 is 10.1 Å². The monoisotopic (exact) mass is 337 g/mol. The largest absolute Gasteiger partial charge is 0.493 e. The van der Waals surface area contributed by atoms with Crippen LogP contribution in [0.4, 0.5) is 0 Å². The van der Waals surface area contributed by atoms with E-state index in [1.54, 1.807) is 0 Å². The predicted molar refractivity (Wildman–Crippen MR) is 95.6 cm³/mol. The summed E-state index contributed by atoms with van der Waals surface area (Å²) in [6, 6.07) is 12.0. The van der Waals surface area contributed by atoms with Crippen molar-refractivity contribution in [3.8, 4) is 5.75 Å². The van der Waals surface area contributed by atoms with Crippen LogP contribution in [0.1, 0.15) is 34.5 Å². The summed E-state index contributed by atoms with van der Waals surface area (Å²) in [7, 11) is 0. The van der Waals surface area contributed by atoms with E-state index in [4.69, 9.17) is 4.74 Å². The molecule has 5 nitrogen and oxygen atoms in total. The van der Waals surface area contributed by atoms with Gasteiger partial charge in [-0.15, -0.1) is 0 Å². The highest BCUT2D eigenvalue weighted by atomic mass is 16.5. The second kappa shape index (κ2) is 7.23. The van der Waals surface area contributed by atoms with Crippen LogP contribution in [0.3, 0.4) is 0 Å². The van der Waals surface area contributed by atoms with Crippen molar-refractivity contribution < 1.29 is 9.53 Å². The van der Waals surface area contributed by atoms with Crippen molar-refractivity contribution in [2.24, 2.45) is 0 Å². The van der Waals surface area contributed by atoms with Crippen LogP contribution in [0.5, 0.6) is 5.75 Å². The Morgan fingerprint density at radius 3 is 2.92 bits per heavy atom. The van der Waals surface area contributed by atoms with E-state index < -0.39 is 0 Å². The van der Waals surface area contributed by atoms with Crippen molar-refractivity contribution in [3.63, 3.8) is 0 Å². The number of hydrogen-bond acceptors (Lipinski definition) is 4. The quantitative estimate of drug-likeness (QED) is 0.931. The van der Waals surface area contributed by atoms with Gasteiger partial charge in [0.05, 0.1) is 12.3 Å². The lowest BCUT2D eigenvalue weighted by atomic mass is 10.0. The summed E-state index contributed by atoms with van der Waals surface area (Å²) in [6.07, 6.45) is 4.69. The van der Waals surface area contributed by atoms with Crippen molar-refractivity contribution in [1.29, 1.82) is 0 Å². The molecule has 4 rings (SSSR count). The zero-order valence-corrected chi connectivity index (χ0v) is 14.3. The first-order valence-corrected chi connectivity index (χ1v) is 8.97. The Kier molecular flexibility index (Phi) is 4.65. The fraction of sp³-hybridized carbons (Fsp3) is 0.400. The van der Waals surface area contributed by atoms with Gasteiger partial charge in [-0.3, -0.25) is 14.7 Å². The van der Waals surface area contributed by atoms with Crippen molar-refractivity contribution in [2.75, 3.05) is 19.7 Å². The number of piperidine rings is 1. The van der Waals surface area contributed by atoms with E-state index in [-0.39, 0.29) is 11.9 Å². The van der Waals surface area contributed by atoms with E-state index >= 15 is 0 Å². The maximum atomic E-state index is 12.5. The van der Waals surface area contributed by atoms with Crippen LogP contribution >= 0.6 is 0 Å². The number of benzene rings is 1. The molecule has 0 spiro atoms. The molecular formula is C20H23N3O2. The minimum absolute atomic E-state index is 0.0258. The molecule has 0 radical (unpaired) electrons. The van der Waals surface area contributed by atoms with E-state index in [2.05, 4.69) is 21.3 Å². The first-order chi connectivity index (χ1) is 12.3. The SMILES string of the molecule is O=C(NC1CCN(Cc2ccccn2)CC1)c1ccc2c(c1)CCO2. The molecule has 2 aliphatic heterocycles. The maximum Gasteiger partial charge on any atom is 0.251 e. The zero-order chi connectivity index (χ0) is 17.1. The molecule has 0 saturated carbocycles. The van der Waals surface area contributed by atoms with Gasteiger partial charge in [0.15, 0.2) is 0 Å². The molecule has 1 N–H and O–H groups in total. The van der Waals surface area contributed by atoms with Crippen LogP contribution in [0.15, 0.2) is 42.6 Å². The molecule has 1 saturated heterocycles. The number of carbonyl (C=O) groups is 1. The van der Waals surface area contributed by atoms with Gasteiger partial charge in [0.2, 0.25) is 0 Å². The third kappa shape index (κ3) is 3.82. The number of nitrogens with one attached hydrogen (secondary N) is 1. The van der Waals surface area contributed by atoms with Crippen LogP contribution in [-0.2, 0) is 13.0 Å². The first kappa shape index (κ1) is 16.1. The van der Waals surface area contributed by atoms with Gasteiger partial charge < -0.3 is 10.1 Å².